The normalized spacial score (nSPS) is 13.0. The molecular weight excluding hydrogens is 813 g/mol. The third kappa shape index (κ3) is 10.5. The van der Waals surface area contributed by atoms with Gasteiger partial charge < -0.3 is 25.6 Å². The summed E-state index contributed by atoms with van der Waals surface area (Å²) in [7, 11) is 1.62. The van der Waals surface area contributed by atoms with E-state index in [9.17, 15) is 19.2 Å². The van der Waals surface area contributed by atoms with E-state index in [-0.39, 0.29) is 42.8 Å². The first-order valence-corrected chi connectivity index (χ1v) is 22.2. The Bertz CT molecular complexity index is 2720. The Kier molecular flexibility index (Phi) is 14.9. The zero-order chi connectivity index (χ0) is 45.9. The molecule has 1 aromatic heterocycles. The van der Waals surface area contributed by atoms with E-state index in [1.807, 2.05) is 116 Å². The van der Waals surface area contributed by atoms with Gasteiger partial charge in [0.25, 0.3) is 11.8 Å². The summed E-state index contributed by atoms with van der Waals surface area (Å²) in [6.45, 7) is 8.83. The third-order valence-electron chi connectivity index (χ3n) is 11.7. The van der Waals surface area contributed by atoms with Gasteiger partial charge in [0.2, 0.25) is 5.91 Å². The van der Waals surface area contributed by atoms with Gasteiger partial charge in [0.05, 0.1) is 23.8 Å². The van der Waals surface area contributed by atoms with Crippen molar-refractivity contribution >= 4 is 34.7 Å². The van der Waals surface area contributed by atoms with E-state index in [0.717, 1.165) is 56.5 Å². The Hall–Kier alpha value is -7.53. The molecule has 0 saturated carbocycles. The number of carbonyl (C=O) groups excluding carboxylic acids is 4. The second kappa shape index (κ2) is 21.2. The van der Waals surface area contributed by atoms with E-state index in [1.54, 1.807) is 31.3 Å². The molecule has 1 heterocycles. The topological polar surface area (TPSA) is 135 Å². The molecule has 0 aliphatic heterocycles. The SMILES string of the molecule is C/C=C\C(=C/C)C(NC(=O)CN(C)C(=O)c1ccc(-n2nc(-c3ccc(C(=O)NCCCNC(=O)OCC4c5ccccc5-c5ccccc54)cc3)c3ccccc32)cc1)/C(C)=C/CC. The molecule has 0 spiro atoms. The Morgan fingerprint density at radius 2 is 1.43 bits per heavy atom. The number of likely N-dealkylation sites (N-methyl/N-ethyl adjacent to an activating group) is 1. The summed E-state index contributed by atoms with van der Waals surface area (Å²) in [6.07, 6.45) is 8.91. The van der Waals surface area contributed by atoms with Crippen molar-refractivity contribution in [3.63, 3.8) is 0 Å². The van der Waals surface area contributed by atoms with Gasteiger partial charge in [0.15, 0.2) is 0 Å². The fourth-order valence-corrected chi connectivity index (χ4v) is 8.40. The maximum atomic E-state index is 13.5. The van der Waals surface area contributed by atoms with E-state index in [4.69, 9.17) is 9.84 Å². The van der Waals surface area contributed by atoms with Crippen LogP contribution in [0.3, 0.4) is 0 Å². The molecule has 5 aromatic carbocycles. The number of alkyl carbamates (subject to hydrolysis) is 1. The summed E-state index contributed by atoms with van der Waals surface area (Å²) < 4.78 is 7.46. The number of nitrogens with zero attached hydrogens (tertiary/aromatic N) is 3. The highest BCUT2D eigenvalue weighted by atomic mass is 16.5. The van der Waals surface area contributed by atoms with Gasteiger partial charge in [0, 0.05) is 48.1 Å². The van der Waals surface area contributed by atoms with Crippen LogP contribution in [0.15, 0.2) is 157 Å². The molecule has 3 N–H and O–H groups in total. The molecule has 11 nitrogen and oxygen atoms in total. The number of allylic oxidation sites excluding steroid dienone is 3. The van der Waals surface area contributed by atoms with E-state index in [0.29, 0.717) is 30.6 Å². The zero-order valence-electron chi connectivity index (χ0n) is 37.6. The molecule has 0 saturated heterocycles. The molecule has 1 aliphatic rings. The fourth-order valence-electron chi connectivity index (χ4n) is 8.40. The molecule has 1 aliphatic carbocycles. The first-order chi connectivity index (χ1) is 31.6. The molecule has 11 heteroatoms. The maximum absolute atomic E-state index is 13.5. The van der Waals surface area contributed by atoms with E-state index in [1.165, 1.54) is 16.0 Å². The van der Waals surface area contributed by atoms with Crippen LogP contribution in [-0.4, -0.2) is 77.8 Å². The largest absolute Gasteiger partial charge is 0.449 e. The molecule has 0 bridgehead atoms. The molecule has 6 aromatic rings. The summed E-state index contributed by atoms with van der Waals surface area (Å²) in [5, 5.41) is 14.8. The van der Waals surface area contributed by atoms with Gasteiger partial charge in [-0.3, -0.25) is 14.4 Å². The highest BCUT2D eigenvalue weighted by Gasteiger charge is 2.29. The lowest BCUT2D eigenvalue weighted by Gasteiger charge is -2.23. The second-order valence-corrected chi connectivity index (χ2v) is 16.1. The number of benzene rings is 5. The maximum Gasteiger partial charge on any atom is 0.407 e. The van der Waals surface area contributed by atoms with E-state index < -0.39 is 6.09 Å². The zero-order valence-corrected chi connectivity index (χ0v) is 37.6. The van der Waals surface area contributed by atoms with Crippen LogP contribution in [0.1, 0.15) is 78.3 Å². The van der Waals surface area contributed by atoms with Crippen molar-refractivity contribution in [2.24, 2.45) is 0 Å². The summed E-state index contributed by atoms with van der Waals surface area (Å²) >= 11 is 0. The van der Waals surface area contributed by atoms with Crippen LogP contribution in [-0.2, 0) is 9.53 Å². The number of amides is 4. The number of carbonyl (C=O) groups is 4. The quantitative estimate of drug-likeness (QED) is 0.0475. The van der Waals surface area contributed by atoms with Crippen LogP contribution in [0.5, 0.6) is 0 Å². The van der Waals surface area contributed by atoms with Gasteiger partial charge >= 0.3 is 6.09 Å². The van der Waals surface area contributed by atoms with Gasteiger partial charge in [0.1, 0.15) is 12.3 Å². The number of para-hydroxylation sites is 1. The van der Waals surface area contributed by atoms with Crippen molar-refractivity contribution in [1.82, 2.24) is 30.6 Å². The van der Waals surface area contributed by atoms with Crippen molar-refractivity contribution in [3.8, 4) is 28.1 Å². The minimum atomic E-state index is -0.486. The average Bonchev–Trinajstić information content (AvgIpc) is 3.88. The first kappa shape index (κ1) is 45.5. The number of rotatable bonds is 17. The predicted molar refractivity (Wildman–Crippen MR) is 258 cm³/mol. The molecule has 0 radical (unpaired) electrons. The van der Waals surface area contributed by atoms with Crippen molar-refractivity contribution in [1.29, 1.82) is 0 Å². The molecule has 4 amide bonds. The molecule has 0 fully saturated rings. The smallest absolute Gasteiger partial charge is 0.407 e. The molecule has 1 atom stereocenters. The van der Waals surface area contributed by atoms with Crippen LogP contribution >= 0.6 is 0 Å². The summed E-state index contributed by atoms with van der Waals surface area (Å²) in [5.41, 5.74) is 10.9. The van der Waals surface area contributed by atoms with Gasteiger partial charge in [-0.1, -0.05) is 116 Å². The number of ether oxygens (including phenoxy) is 1. The van der Waals surface area contributed by atoms with E-state index >= 15 is 0 Å². The molecule has 332 valence electrons. The lowest BCUT2D eigenvalue weighted by Crippen LogP contribution is -2.43. The Morgan fingerprint density at radius 1 is 0.800 bits per heavy atom. The second-order valence-electron chi connectivity index (χ2n) is 16.1. The summed E-state index contributed by atoms with van der Waals surface area (Å²) in [6, 6.07) is 38.5. The highest BCUT2D eigenvalue weighted by Crippen LogP contribution is 2.44. The van der Waals surface area contributed by atoms with Crippen molar-refractivity contribution in [2.75, 3.05) is 33.3 Å². The predicted octanol–water partition coefficient (Wildman–Crippen LogP) is 9.79. The van der Waals surface area contributed by atoms with Crippen LogP contribution in [0.25, 0.3) is 39.0 Å². The minimum absolute atomic E-state index is 0.0106. The number of hydrogen-bond acceptors (Lipinski definition) is 6. The van der Waals surface area contributed by atoms with Gasteiger partial charge in [-0.2, -0.15) is 5.10 Å². The molecular formula is C54H56N6O5. The minimum Gasteiger partial charge on any atom is -0.449 e. The lowest BCUT2D eigenvalue weighted by molar-refractivity contribution is -0.121. The van der Waals surface area contributed by atoms with Crippen molar-refractivity contribution < 1.29 is 23.9 Å². The van der Waals surface area contributed by atoms with Crippen LogP contribution in [0.4, 0.5) is 4.79 Å². The Morgan fingerprint density at radius 3 is 2.09 bits per heavy atom. The third-order valence-corrected chi connectivity index (χ3v) is 11.7. The Balaban J connectivity index is 0.913. The number of aromatic nitrogens is 2. The summed E-state index contributed by atoms with van der Waals surface area (Å²) in [5.74, 6) is -0.755. The molecule has 1 unspecified atom stereocenters. The molecule has 7 rings (SSSR count). The number of fused-ring (bicyclic) bond motifs is 4. The van der Waals surface area contributed by atoms with Crippen LogP contribution in [0, 0.1) is 0 Å². The highest BCUT2D eigenvalue weighted by molar-refractivity contribution is 5.98. The average molecular weight is 869 g/mol. The van der Waals surface area contributed by atoms with Gasteiger partial charge in [-0.25, -0.2) is 9.48 Å². The van der Waals surface area contributed by atoms with Crippen molar-refractivity contribution in [2.45, 2.75) is 52.5 Å². The first-order valence-electron chi connectivity index (χ1n) is 22.2. The van der Waals surface area contributed by atoms with Gasteiger partial charge in [-0.15, -0.1) is 0 Å². The number of nitrogens with one attached hydrogen (secondary N) is 3. The van der Waals surface area contributed by atoms with Gasteiger partial charge in [-0.05, 0) is 104 Å². The molecule has 65 heavy (non-hydrogen) atoms. The lowest BCUT2D eigenvalue weighted by atomic mass is 9.98. The van der Waals surface area contributed by atoms with Crippen LogP contribution < -0.4 is 16.0 Å². The van der Waals surface area contributed by atoms with Crippen LogP contribution in [0.2, 0.25) is 0 Å². The Labute approximate surface area is 380 Å². The summed E-state index contributed by atoms with van der Waals surface area (Å²) in [4.78, 5) is 53.8. The fraction of sp³-hybridized carbons (Fsp3) is 0.241. The standard InChI is InChI=1S/C54H56N6O5/c1-6-16-36(4)50(37(8-3)17-7-2)57-49(61)34-59(5)53(63)40-28-30-41(31-29-40)60-48-23-14-13-22-46(48)51(58-60)38-24-26-39(27-25-38)52(62)55-32-15-33-56-54(64)65-35-47-44-20-11-9-18-42(44)43-19-10-12-21-45(43)47/h7-14,16-31,47,50H,6,15,32-35H2,1-5H3,(H,55,62)(H,56,64)(H,57,61)/b17-7-,36-16+,37-8+. The van der Waals surface area contributed by atoms with Crippen molar-refractivity contribution in [3.05, 3.63) is 179 Å². The van der Waals surface area contributed by atoms with E-state index in [2.05, 4.69) is 53.2 Å². The monoisotopic (exact) mass is 868 g/mol. The number of hydrogen-bond donors (Lipinski definition) is 3.